The minimum Gasteiger partial charge on any atom is -0.463 e. The van der Waals surface area contributed by atoms with Gasteiger partial charge in [0.25, 0.3) is 0 Å². The number of rotatable bonds is 4. The maximum atomic E-state index is 11.5. The predicted octanol–water partition coefficient (Wildman–Crippen LogP) is 4.06. The number of hydrogen-bond donors (Lipinski definition) is 1. The van der Waals surface area contributed by atoms with E-state index in [1.807, 2.05) is 13.8 Å². The molecule has 0 spiro atoms. The molecule has 0 fully saturated rings. The summed E-state index contributed by atoms with van der Waals surface area (Å²) in [5, 5.41) is 3.29. The Morgan fingerprint density at radius 2 is 2.00 bits per heavy atom. The molecule has 0 aliphatic rings. The second-order valence-corrected chi connectivity index (χ2v) is 5.34. The standard InChI is InChI=1S/C15H16BrNO3/c1-9-6-12(7-10(2)13(9)16)17-8-11-4-5-20-14(11)15(18)19-3/h4-7,17H,8H2,1-3H3. The van der Waals surface area contributed by atoms with E-state index in [0.29, 0.717) is 6.54 Å². The zero-order valence-electron chi connectivity index (χ0n) is 11.6. The van der Waals surface area contributed by atoms with Crippen molar-refractivity contribution < 1.29 is 13.9 Å². The van der Waals surface area contributed by atoms with Gasteiger partial charge in [0.1, 0.15) is 0 Å². The van der Waals surface area contributed by atoms with E-state index in [0.717, 1.165) is 26.9 Å². The van der Waals surface area contributed by atoms with Crippen LogP contribution in [0, 0.1) is 13.8 Å². The van der Waals surface area contributed by atoms with Crippen LogP contribution in [0.15, 0.2) is 33.4 Å². The summed E-state index contributed by atoms with van der Waals surface area (Å²) in [5.74, 6) is -0.222. The number of methoxy groups -OCH3 is 1. The van der Waals surface area contributed by atoms with Crippen molar-refractivity contribution in [2.45, 2.75) is 20.4 Å². The Morgan fingerprint density at radius 3 is 2.60 bits per heavy atom. The Balaban J connectivity index is 2.13. The lowest BCUT2D eigenvalue weighted by Crippen LogP contribution is -2.07. The second-order valence-electron chi connectivity index (χ2n) is 4.54. The van der Waals surface area contributed by atoms with Crippen LogP contribution in [-0.4, -0.2) is 13.1 Å². The third-order valence-electron chi connectivity index (χ3n) is 3.04. The van der Waals surface area contributed by atoms with Gasteiger partial charge in [0.2, 0.25) is 5.76 Å². The maximum Gasteiger partial charge on any atom is 0.374 e. The fraction of sp³-hybridized carbons (Fsp3) is 0.267. The zero-order chi connectivity index (χ0) is 14.7. The van der Waals surface area contributed by atoms with Crippen molar-refractivity contribution in [3.8, 4) is 0 Å². The van der Waals surface area contributed by atoms with E-state index in [4.69, 9.17) is 4.42 Å². The van der Waals surface area contributed by atoms with Crippen molar-refractivity contribution in [3.63, 3.8) is 0 Å². The van der Waals surface area contributed by atoms with Crippen molar-refractivity contribution >= 4 is 27.6 Å². The number of carbonyl (C=O) groups excluding carboxylic acids is 1. The van der Waals surface area contributed by atoms with E-state index in [2.05, 4.69) is 38.1 Å². The molecule has 0 saturated carbocycles. The van der Waals surface area contributed by atoms with Gasteiger partial charge in [-0.3, -0.25) is 0 Å². The van der Waals surface area contributed by atoms with Crippen LogP contribution in [0.25, 0.3) is 0 Å². The fourth-order valence-corrected chi connectivity index (χ4v) is 2.22. The molecule has 2 rings (SSSR count). The minimum atomic E-state index is -0.463. The van der Waals surface area contributed by atoms with Gasteiger partial charge >= 0.3 is 5.97 Å². The lowest BCUT2D eigenvalue weighted by molar-refractivity contribution is 0.0563. The van der Waals surface area contributed by atoms with E-state index >= 15 is 0 Å². The number of hydrogen-bond acceptors (Lipinski definition) is 4. The van der Waals surface area contributed by atoms with E-state index in [1.54, 1.807) is 6.07 Å². The molecule has 2 aromatic rings. The Kier molecular flexibility index (Phi) is 4.49. The number of benzene rings is 1. The summed E-state index contributed by atoms with van der Waals surface area (Å²) in [7, 11) is 1.34. The third-order valence-corrected chi connectivity index (χ3v) is 4.29. The summed E-state index contributed by atoms with van der Waals surface area (Å²) in [6.45, 7) is 4.58. The molecule has 0 aliphatic carbocycles. The number of halogens is 1. The molecule has 20 heavy (non-hydrogen) atoms. The molecule has 4 nitrogen and oxygen atoms in total. The van der Waals surface area contributed by atoms with Crippen LogP contribution in [0.2, 0.25) is 0 Å². The Hall–Kier alpha value is -1.75. The number of carbonyl (C=O) groups is 1. The molecule has 0 saturated heterocycles. The van der Waals surface area contributed by atoms with Crippen molar-refractivity contribution in [2.75, 3.05) is 12.4 Å². The van der Waals surface area contributed by atoms with E-state index in [9.17, 15) is 4.79 Å². The van der Waals surface area contributed by atoms with Crippen LogP contribution in [0.5, 0.6) is 0 Å². The first-order valence-electron chi connectivity index (χ1n) is 6.18. The molecule has 0 aliphatic heterocycles. The van der Waals surface area contributed by atoms with Gasteiger partial charge in [-0.25, -0.2) is 4.79 Å². The number of ether oxygens (including phenoxy) is 1. The molecule has 0 radical (unpaired) electrons. The van der Waals surface area contributed by atoms with Crippen LogP contribution in [0.1, 0.15) is 27.2 Å². The van der Waals surface area contributed by atoms with E-state index < -0.39 is 5.97 Å². The Bertz CT molecular complexity index is 611. The summed E-state index contributed by atoms with van der Waals surface area (Å²) >= 11 is 3.54. The average molecular weight is 338 g/mol. The topological polar surface area (TPSA) is 51.5 Å². The summed E-state index contributed by atoms with van der Waals surface area (Å²) in [6, 6.07) is 5.86. The molecule has 5 heteroatoms. The highest BCUT2D eigenvalue weighted by Gasteiger charge is 2.15. The zero-order valence-corrected chi connectivity index (χ0v) is 13.2. The molecule has 0 unspecified atom stereocenters. The fourth-order valence-electron chi connectivity index (χ4n) is 1.99. The molecule has 106 valence electrons. The van der Waals surface area contributed by atoms with Crippen molar-refractivity contribution in [1.82, 2.24) is 0 Å². The van der Waals surface area contributed by atoms with Gasteiger partial charge in [-0.1, -0.05) is 15.9 Å². The lowest BCUT2D eigenvalue weighted by Gasteiger charge is -2.10. The van der Waals surface area contributed by atoms with Gasteiger partial charge in [0, 0.05) is 22.3 Å². The van der Waals surface area contributed by atoms with Gasteiger partial charge in [-0.2, -0.15) is 0 Å². The molecule has 1 aromatic heterocycles. The SMILES string of the molecule is COC(=O)c1occc1CNc1cc(C)c(Br)c(C)c1. The van der Waals surface area contributed by atoms with Crippen LogP contribution < -0.4 is 5.32 Å². The maximum absolute atomic E-state index is 11.5. The number of anilines is 1. The number of furan rings is 1. The first-order chi connectivity index (χ1) is 9.52. The quantitative estimate of drug-likeness (QED) is 0.855. The third kappa shape index (κ3) is 3.04. The molecule has 0 bridgehead atoms. The van der Waals surface area contributed by atoms with Crippen molar-refractivity contribution in [3.05, 3.63) is 51.4 Å². The van der Waals surface area contributed by atoms with Gasteiger partial charge in [0.05, 0.1) is 13.4 Å². The summed E-state index contributed by atoms with van der Waals surface area (Å²) < 4.78 is 10.9. The van der Waals surface area contributed by atoms with Crippen LogP contribution in [0.4, 0.5) is 5.69 Å². The number of esters is 1. The Labute approximate surface area is 126 Å². The normalized spacial score (nSPS) is 10.4. The molecule has 1 N–H and O–H groups in total. The van der Waals surface area contributed by atoms with Crippen LogP contribution in [0.3, 0.4) is 0 Å². The minimum absolute atomic E-state index is 0.241. The average Bonchev–Trinajstić information content (AvgIpc) is 2.89. The highest BCUT2D eigenvalue weighted by atomic mass is 79.9. The molecule has 0 atom stereocenters. The molecule has 0 amide bonds. The van der Waals surface area contributed by atoms with Crippen LogP contribution >= 0.6 is 15.9 Å². The van der Waals surface area contributed by atoms with E-state index in [1.165, 1.54) is 13.4 Å². The lowest BCUT2D eigenvalue weighted by atomic mass is 10.1. The van der Waals surface area contributed by atoms with Gasteiger partial charge in [0.15, 0.2) is 0 Å². The molecular formula is C15H16BrNO3. The first kappa shape index (κ1) is 14.7. The smallest absolute Gasteiger partial charge is 0.374 e. The summed E-state index contributed by atoms with van der Waals surface area (Å²) in [4.78, 5) is 11.5. The van der Waals surface area contributed by atoms with Crippen molar-refractivity contribution in [1.29, 1.82) is 0 Å². The van der Waals surface area contributed by atoms with Gasteiger partial charge in [-0.05, 0) is 43.2 Å². The largest absolute Gasteiger partial charge is 0.463 e. The summed E-state index contributed by atoms with van der Waals surface area (Å²) in [5.41, 5.74) is 4.09. The van der Waals surface area contributed by atoms with Gasteiger partial charge in [-0.15, -0.1) is 0 Å². The van der Waals surface area contributed by atoms with Crippen LogP contribution in [-0.2, 0) is 11.3 Å². The van der Waals surface area contributed by atoms with Gasteiger partial charge < -0.3 is 14.5 Å². The monoisotopic (exact) mass is 337 g/mol. The molecule has 1 heterocycles. The Morgan fingerprint density at radius 1 is 1.35 bits per heavy atom. The highest BCUT2D eigenvalue weighted by molar-refractivity contribution is 9.10. The van der Waals surface area contributed by atoms with Crippen molar-refractivity contribution in [2.24, 2.45) is 0 Å². The predicted molar refractivity (Wildman–Crippen MR) is 81.0 cm³/mol. The molecule has 1 aromatic carbocycles. The highest BCUT2D eigenvalue weighted by Crippen LogP contribution is 2.25. The first-order valence-corrected chi connectivity index (χ1v) is 6.97. The number of nitrogens with one attached hydrogen (secondary N) is 1. The summed E-state index contributed by atoms with van der Waals surface area (Å²) in [6.07, 6.45) is 1.49. The van der Waals surface area contributed by atoms with E-state index in [-0.39, 0.29) is 5.76 Å². The number of aryl methyl sites for hydroxylation is 2. The second kappa shape index (κ2) is 6.13. The molecular weight excluding hydrogens is 322 g/mol.